The third kappa shape index (κ3) is 9.47. The lowest BCUT2D eigenvalue weighted by Gasteiger charge is -2.03. The van der Waals surface area contributed by atoms with Gasteiger partial charge >= 0.3 is 6.09 Å². The van der Waals surface area contributed by atoms with E-state index in [2.05, 4.69) is 22.1 Å². The molecule has 0 aromatic rings. The lowest BCUT2D eigenvalue weighted by Crippen LogP contribution is -2.24. The maximum absolute atomic E-state index is 10.9. The van der Waals surface area contributed by atoms with Crippen molar-refractivity contribution in [1.29, 1.82) is 0 Å². The number of ether oxygens (including phenoxy) is 1. The fraction of sp³-hybridized carbons (Fsp3) is 0.667. The van der Waals surface area contributed by atoms with Crippen molar-refractivity contribution in [2.45, 2.75) is 26.2 Å². The van der Waals surface area contributed by atoms with E-state index in [1.54, 1.807) is 0 Å². The Bertz CT molecular complexity index is 196. The van der Waals surface area contributed by atoms with Crippen LogP contribution in [0.3, 0.4) is 0 Å². The summed E-state index contributed by atoms with van der Waals surface area (Å²) < 4.78 is 7.52. The minimum atomic E-state index is -0.379. The molecule has 0 aliphatic rings. The van der Waals surface area contributed by atoms with E-state index in [1.165, 1.54) is 0 Å². The van der Waals surface area contributed by atoms with Crippen LogP contribution in [0.5, 0.6) is 0 Å². The Morgan fingerprint density at radius 2 is 2.31 bits per heavy atom. The highest BCUT2D eigenvalue weighted by Crippen LogP contribution is 1.93. The zero-order valence-corrected chi connectivity index (χ0v) is 9.89. The van der Waals surface area contributed by atoms with Gasteiger partial charge < -0.3 is 10.1 Å². The first-order valence-electron chi connectivity index (χ1n) is 4.30. The molecule has 74 valence electrons. The summed E-state index contributed by atoms with van der Waals surface area (Å²) >= 11 is 1.92. The van der Waals surface area contributed by atoms with Gasteiger partial charge in [0.2, 0.25) is 0 Å². The summed E-state index contributed by atoms with van der Waals surface area (Å²) in [7, 11) is 0. The van der Waals surface area contributed by atoms with Crippen LogP contribution in [0.2, 0.25) is 0 Å². The average Bonchev–Trinajstić information content (AvgIpc) is 2.13. The van der Waals surface area contributed by atoms with Gasteiger partial charge in [-0.05, 0) is 10.3 Å². The molecule has 0 aliphatic carbocycles. The third-order valence-electron chi connectivity index (χ3n) is 1.37. The number of alkyl carbamates (subject to hydrolysis) is 1. The fourth-order valence-electron chi connectivity index (χ4n) is 0.718. The van der Waals surface area contributed by atoms with E-state index in [9.17, 15) is 4.79 Å². The van der Waals surface area contributed by atoms with Gasteiger partial charge in [0.05, 0.1) is 13.2 Å². The van der Waals surface area contributed by atoms with Gasteiger partial charge in [0.25, 0.3) is 0 Å². The van der Waals surface area contributed by atoms with Crippen molar-refractivity contribution < 1.29 is 9.53 Å². The molecule has 0 rings (SSSR count). The number of hydrogen-bond acceptors (Lipinski definition) is 2. The van der Waals surface area contributed by atoms with Crippen molar-refractivity contribution in [3.8, 4) is 9.85 Å². The first-order chi connectivity index (χ1) is 6.31. The number of carbonyl (C=O) groups is 1. The van der Waals surface area contributed by atoms with Crippen molar-refractivity contribution in [2.75, 3.05) is 13.2 Å². The molecule has 0 spiro atoms. The van der Waals surface area contributed by atoms with Crippen LogP contribution in [0, 0.1) is 9.85 Å². The van der Waals surface area contributed by atoms with E-state index in [0.717, 1.165) is 19.3 Å². The van der Waals surface area contributed by atoms with Gasteiger partial charge in [0, 0.05) is 22.6 Å². The summed E-state index contributed by atoms with van der Waals surface area (Å²) in [6.45, 7) is 2.96. The molecule has 1 N–H and O–H groups in total. The van der Waals surface area contributed by atoms with Crippen LogP contribution in [0.15, 0.2) is 0 Å². The highest BCUT2D eigenvalue weighted by atomic mass is 127. The van der Waals surface area contributed by atoms with Crippen molar-refractivity contribution in [1.82, 2.24) is 5.32 Å². The van der Waals surface area contributed by atoms with Crippen LogP contribution in [0.25, 0.3) is 0 Å². The van der Waals surface area contributed by atoms with E-state index in [1.807, 2.05) is 22.6 Å². The number of rotatable bonds is 5. The normalized spacial score (nSPS) is 8.46. The summed E-state index contributed by atoms with van der Waals surface area (Å²) in [6.07, 6.45) is 2.78. The van der Waals surface area contributed by atoms with Crippen LogP contribution < -0.4 is 5.32 Å². The summed E-state index contributed by atoms with van der Waals surface area (Å²) in [5.41, 5.74) is 0. The molecule has 4 heteroatoms. The Hall–Kier alpha value is -0.440. The molecular weight excluding hydrogens is 281 g/mol. The van der Waals surface area contributed by atoms with Crippen LogP contribution in [0.4, 0.5) is 4.79 Å². The standard InChI is InChI=1S/C9H14INO2/c1-2-3-4-8-13-9(12)11-7-5-6-10/h2-4,7-8H2,1H3,(H,11,12). The zero-order valence-electron chi connectivity index (χ0n) is 7.73. The minimum absolute atomic E-state index is 0.357. The Morgan fingerprint density at radius 3 is 2.92 bits per heavy atom. The predicted molar refractivity (Wildman–Crippen MR) is 60.7 cm³/mol. The topological polar surface area (TPSA) is 38.3 Å². The van der Waals surface area contributed by atoms with Gasteiger partial charge in [0.15, 0.2) is 0 Å². The summed E-state index contributed by atoms with van der Waals surface area (Å²) in [5, 5.41) is 2.52. The molecule has 0 atom stereocenters. The average molecular weight is 295 g/mol. The van der Waals surface area contributed by atoms with Gasteiger partial charge in [-0.2, -0.15) is 0 Å². The number of amides is 1. The molecule has 0 fully saturated rings. The second-order valence-corrected chi connectivity index (χ2v) is 3.01. The van der Waals surface area contributed by atoms with Gasteiger partial charge in [-0.1, -0.05) is 25.7 Å². The smallest absolute Gasteiger partial charge is 0.407 e. The summed E-state index contributed by atoms with van der Waals surface area (Å²) in [6, 6.07) is 0. The van der Waals surface area contributed by atoms with Crippen molar-refractivity contribution in [3.63, 3.8) is 0 Å². The van der Waals surface area contributed by atoms with Crippen LogP contribution >= 0.6 is 22.6 Å². The lowest BCUT2D eigenvalue weighted by atomic mass is 10.3. The van der Waals surface area contributed by atoms with E-state index in [4.69, 9.17) is 4.74 Å². The second-order valence-electron chi connectivity index (χ2n) is 2.47. The molecule has 0 bridgehead atoms. The molecular formula is C9H14INO2. The molecule has 0 aromatic carbocycles. The maximum atomic E-state index is 10.9. The largest absolute Gasteiger partial charge is 0.450 e. The number of halogens is 1. The minimum Gasteiger partial charge on any atom is -0.450 e. The van der Waals surface area contributed by atoms with Gasteiger partial charge in [-0.3, -0.25) is 0 Å². The third-order valence-corrected chi connectivity index (χ3v) is 1.75. The molecule has 3 nitrogen and oxygen atoms in total. The van der Waals surface area contributed by atoms with Crippen LogP contribution in [-0.4, -0.2) is 19.2 Å². The Morgan fingerprint density at radius 1 is 1.54 bits per heavy atom. The van der Waals surface area contributed by atoms with Crippen molar-refractivity contribution in [3.05, 3.63) is 0 Å². The lowest BCUT2D eigenvalue weighted by molar-refractivity contribution is 0.145. The molecule has 0 heterocycles. The van der Waals surface area contributed by atoms with Crippen molar-refractivity contribution in [2.24, 2.45) is 0 Å². The number of carbonyl (C=O) groups excluding carboxylic acids is 1. The Balaban J connectivity index is 3.23. The van der Waals surface area contributed by atoms with E-state index >= 15 is 0 Å². The summed E-state index contributed by atoms with van der Waals surface area (Å²) in [4.78, 5) is 10.9. The molecule has 0 aromatic heterocycles. The highest BCUT2D eigenvalue weighted by Gasteiger charge is 1.97. The predicted octanol–water partition coefficient (Wildman–Crippen LogP) is 2.30. The van der Waals surface area contributed by atoms with E-state index in [-0.39, 0.29) is 6.09 Å². The van der Waals surface area contributed by atoms with E-state index in [0.29, 0.717) is 13.2 Å². The highest BCUT2D eigenvalue weighted by molar-refractivity contribution is 14.1. The first-order valence-corrected chi connectivity index (χ1v) is 5.38. The molecule has 0 saturated carbocycles. The molecule has 0 unspecified atom stereocenters. The molecule has 0 aliphatic heterocycles. The number of hydrogen-bond donors (Lipinski definition) is 1. The van der Waals surface area contributed by atoms with Crippen LogP contribution in [-0.2, 0) is 4.74 Å². The summed E-state index contributed by atoms with van der Waals surface area (Å²) in [5.74, 6) is 2.71. The van der Waals surface area contributed by atoms with Crippen LogP contribution in [0.1, 0.15) is 26.2 Å². The molecule has 13 heavy (non-hydrogen) atoms. The van der Waals surface area contributed by atoms with Gasteiger partial charge in [-0.25, -0.2) is 4.79 Å². The maximum Gasteiger partial charge on any atom is 0.407 e. The monoisotopic (exact) mass is 295 g/mol. The molecule has 1 amide bonds. The number of nitrogens with one attached hydrogen (secondary N) is 1. The Labute approximate surface area is 92.7 Å². The first kappa shape index (κ1) is 12.6. The SMILES string of the molecule is CCCCCOC(=O)NCC#CI. The fourth-order valence-corrected chi connectivity index (χ4v) is 0.908. The van der Waals surface area contributed by atoms with Gasteiger partial charge in [0.1, 0.15) is 0 Å². The second kappa shape index (κ2) is 9.65. The van der Waals surface area contributed by atoms with E-state index < -0.39 is 0 Å². The quantitative estimate of drug-likeness (QED) is 0.480. The van der Waals surface area contributed by atoms with Gasteiger partial charge in [-0.15, -0.1) is 0 Å². The zero-order chi connectivity index (χ0) is 9.94. The number of unbranched alkanes of at least 4 members (excludes halogenated alkanes) is 2. The molecule has 0 radical (unpaired) electrons. The Kier molecular flexibility index (Phi) is 9.32. The molecule has 0 saturated heterocycles. The van der Waals surface area contributed by atoms with Crippen molar-refractivity contribution >= 4 is 28.7 Å².